The second-order valence-corrected chi connectivity index (χ2v) is 3.50. The van der Waals surface area contributed by atoms with Crippen LogP contribution >= 0.6 is 11.6 Å². The predicted molar refractivity (Wildman–Crippen MR) is 63.0 cm³/mol. The molecule has 2 rings (SSSR count). The van der Waals surface area contributed by atoms with Crippen LogP contribution in [0.5, 0.6) is 5.88 Å². The fourth-order valence-corrected chi connectivity index (χ4v) is 1.25. The standard InChI is InChI=1S/C10H10ClN5O/c1-17-9-6-12-5-8(16-9)13-2-7-3-14-10(11)15-4-7/h3-6H,2H2,1H3,(H,13,16). The van der Waals surface area contributed by atoms with Gasteiger partial charge in [0.25, 0.3) is 0 Å². The number of anilines is 1. The van der Waals surface area contributed by atoms with E-state index in [0.29, 0.717) is 18.2 Å². The molecule has 88 valence electrons. The fraction of sp³-hybridized carbons (Fsp3) is 0.200. The molecule has 0 aliphatic carbocycles. The first-order valence-corrected chi connectivity index (χ1v) is 5.22. The van der Waals surface area contributed by atoms with Gasteiger partial charge in [0.15, 0.2) is 0 Å². The molecule has 0 aliphatic heterocycles. The number of nitrogens with zero attached hydrogens (tertiary/aromatic N) is 4. The van der Waals surface area contributed by atoms with E-state index in [1.54, 1.807) is 25.7 Å². The van der Waals surface area contributed by atoms with Gasteiger partial charge < -0.3 is 10.1 Å². The molecule has 2 heterocycles. The summed E-state index contributed by atoms with van der Waals surface area (Å²) in [7, 11) is 1.54. The van der Waals surface area contributed by atoms with Gasteiger partial charge >= 0.3 is 0 Å². The first kappa shape index (κ1) is 11.5. The van der Waals surface area contributed by atoms with Gasteiger partial charge in [0, 0.05) is 24.5 Å². The second kappa shape index (κ2) is 5.40. The molecule has 0 aliphatic rings. The zero-order valence-corrected chi connectivity index (χ0v) is 9.85. The highest BCUT2D eigenvalue weighted by Gasteiger charge is 1.99. The fourth-order valence-electron chi connectivity index (χ4n) is 1.15. The molecular formula is C10H10ClN5O. The van der Waals surface area contributed by atoms with Crippen molar-refractivity contribution in [2.75, 3.05) is 12.4 Å². The van der Waals surface area contributed by atoms with E-state index in [1.807, 2.05) is 0 Å². The molecule has 0 bridgehead atoms. The summed E-state index contributed by atoms with van der Waals surface area (Å²) in [6.45, 7) is 0.541. The number of hydrogen-bond acceptors (Lipinski definition) is 6. The van der Waals surface area contributed by atoms with Crippen molar-refractivity contribution in [1.29, 1.82) is 0 Å². The van der Waals surface area contributed by atoms with Crippen molar-refractivity contribution in [3.8, 4) is 5.88 Å². The van der Waals surface area contributed by atoms with E-state index in [4.69, 9.17) is 16.3 Å². The van der Waals surface area contributed by atoms with Crippen LogP contribution in [0.2, 0.25) is 5.28 Å². The lowest BCUT2D eigenvalue weighted by Crippen LogP contribution is -2.03. The van der Waals surface area contributed by atoms with Crippen LogP contribution < -0.4 is 10.1 Å². The molecule has 0 atom stereocenters. The van der Waals surface area contributed by atoms with E-state index in [-0.39, 0.29) is 5.28 Å². The Balaban J connectivity index is 1.99. The highest BCUT2D eigenvalue weighted by atomic mass is 35.5. The zero-order valence-electron chi connectivity index (χ0n) is 9.09. The van der Waals surface area contributed by atoms with Gasteiger partial charge in [0.05, 0.1) is 19.5 Å². The number of ether oxygens (including phenoxy) is 1. The van der Waals surface area contributed by atoms with Crippen LogP contribution in [0.25, 0.3) is 0 Å². The Bertz CT molecular complexity index is 490. The average molecular weight is 252 g/mol. The van der Waals surface area contributed by atoms with Crippen LogP contribution in [-0.2, 0) is 6.54 Å². The molecule has 0 aromatic carbocycles. The molecule has 0 amide bonds. The molecule has 0 saturated heterocycles. The summed E-state index contributed by atoms with van der Waals surface area (Å²) in [6.07, 6.45) is 6.45. The summed E-state index contributed by atoms with van der Waals surface area (Å²) < 4.78 is 4.97. The van der Waals surface area contributed by atoms with Crippen molar-refractivity contribution >= 4 is 17.4 Å². The van der Waals surface area contributed by atoms with Crippen LogP contribution in [-0.4, -0.2) is 27.0 Å². The van der Waals surface area contributed by atoms with Crippen LogP contribution in [0.15, 0.2) is 24.8 Å². The maximum atomic E-state index is 5.59. The summed E-state index contributed by atoms with van der Waals surface area (Å²) in [4.78, 5) is 15.9. The summed E-state index contributed by atoms with van der Waals surface area (Å²) in [5.74, 6) is 1.08. The van der Waals surface area contributed by atoms with Gasteiger partial charge in [-0.2, -0.15) is 4.98 Å². The summed E-state index contributed by atoms with van der Waals surface area (Å²) >= 11 is 5.59. The highest BCUT2D eigenvalue weighted by molar-refractivity contribution is 6.28. The van der Waals surface area contributed by atoms with Crippen molar-refractivity contribution in [1.82, 2.24) is 19.9 Å². The molecule has 2 aromatic rings. The molecule has 1 N–H and O–H groups in total. The van der Waals surface area contributed by atoms with Crippen molar-refractivity contribution in [2.24, 2.45) is 0 Å². The average Bonchev–Trinajstić information content (AvgIpc) is 2.38. The topological polar surface area (TPSA) is 72.8 Å². The molecule has 6 nitrogen and oxygen atoms in total. The summed E-state index contributed by atoms with van der Waals surface area (Å²) in [6, 6.07) is 0. The lowest BCUT2D eigenvalue weighted by Gasteiger charge is -2.05. The Morgan fingerprint density at radius 3 is 2.71 bits per heavy atom. The highest BCUT2D eigenvalue weighted by Crippen LogP contribution is 2.09. The molecule has 0 spiro atoms. The summed E-state index contributed by atoms with van der Waals surface area (Å²) in [5, 5.41) is 3.31. The minimum atomic E-state index is 0.231. The third-order valence-electron chi connectivity index (χ3n) is 1.97. The lowest BCUT2D eigenvalue weighted by molar-refractivity contribution is 0.396. The molecule has 17 heavy (non-hydrogen) atoms. The van der Waals surface area contributed by atoms with Gasteiger partial charge in [-0.05, 0) is 11.6 Å². The number of rotatable bonds is 4. The van der Waals surface area contributed by atoms with Gasteiger partial charge in [0.1, 0.15) is 5.82 Å². The predicted octanol–water partition coefficient (Wildman–Crippen LogP) is 1.54. The third kappa shape index (κ3) is 3.25. The Hall–Kier alpha value is -1.95. The van der Waals surface area contributed by atoms with Gasteiger partial charge in [0.2, 0.25) is 11.2 Å². The van der Waals surface area contributed by atoms with Gasteiger partial charge in [-0.1, -0.05) is 0 Å². The quantitative estimate of drug-likeness (QED) is 0.831. The van der Waals surface area contributed by atoms with Gasteiger partial charge in [-0.3, -0.25) is 4.98 Å². The maximum Gasteiger partial charge on any atom is 0.233 e. The largest absolute Gasteiger partial charge is 0.480 e. The number of hydrogen-bond donors (Lipinski definition) is 1. The van der Waals surface area contributed by atoms with Crippen molar-refractivity contribution in [2.45, 2.75) is 6.54 Å². The van der Waals surface area contributed by atoms with Crippen LogP contribution in [0, 0.1) is 0 Å². The van der Waals surface area contributed by atoms with E-state index >= 15 is 0 Å². The van der Waals surface area contributed by atoms with Gasteiger partial charge in [-0.15, -0.1) is 0 Å². The maximum absolute atomic E-state index is 5.59. The third-order valence-corrected chi connectivity index (χ3v) is 2.16. The molecular weight excluding hydrogens is 242 g/mol. The second-order valence-electron chi connectivity index (χ2n) is 3.16. The van der Waals surface area contributed by atoms with Crippen LogP contribution in [0.4, 0.5) is 5.82 Å². The monoisotopic (exact) mass is 251 g/mol. The van der Waals surface area contributed by atoms with E-state index in [1.165, 1.54) is 6.20 Å². The molecule has 7 heteroatoms. The molecule has 0 unspecified atom stereocenters. The Morgan fingerprint density at radius 1 is 1.24 bits per heavy atom. The molecule has 0 fully saturated rings. The van der Waals surface area contributed by atoms with Gasteiger partial charge in [-0.25, -0.2) is 9.97 Å². The number of aromatic nitrogens is 4. The van der Waals surface area contributed by atoms with E-state index in [2.05, 4.69) is 25.3 Å². The van der Waals surface area contributed by atoms with E-state index < -0.39 is 0 Å². The zero-order chi connectivity index (χ0) is 12.1. The van der Waals surface area contributed by atoms with Crippen molar-refractivity contribution < 1.29 is 4.74 Å². The van der Waals surface area contributed by atoms with Crippen LogP contribution in [0.3, 0.4) is 0 Å². The molecule has 0 radical (unpaired) electrons. The van der Waals surface area contributed by atoms with Crippen molar-refractivity contribution in [3.05, 3.63) is 35.6 Å². The smallest absolute Gasteiger partial charge is 0.233 e. The van der Waals surface area contributed by atoms with E-state index in [9.17, 15) is 0 Å². The Morgan fingerprint density at radius 2 is 2.00 bits per heavy atom. The molecule has 2 aromatic heterocycles. The Labute approximate surface area is 103 Å². The van der Waals surface area contributed by atoms with Crippen LogP contribution in [0.1, 0.15) is 5.56 Å². The van der Waals surface area contributed by atoms with Crippen molar-refractivity contribution in [3.63, 3.8) is 0 Å². The number of methoxy groups -OCH3 is 1. The molecule has 0 saturated carbocycles. The Kier molecular flexibility index (Phi) is 3.66. The minimum absolute atomic E-state index is 0.231. The number of halogens is 1. The number of nitrogens with one attached hydrogen (secondary N) is 1. The first-order chi connectivity index (χ1) is 8.28. The van der Waals surface area contributed by atoms with E-state index in [0.717, 1.165) is 5.56 Å². The minimum Gasteiger partial charge on any atom is -0.480 e. The first-order valence-electron chi connectivity index (χ1n) is 4.84. The SMILES string of the molecule is COc1cncc(NCc2cnc(Cl)nc2)n1. The summed E-state index contributed by atoms with van der Waals surface area (Å²) in [5.41, 5.74) is 0.902. The lowest BCUT2D eigenvalue weighted by atomic mass is 10.3. The normalized spacial score (nSPS) is 10.0.